The Bertz CT molecular complexity index is 823. The summed E-state index contributed by atoms with van der Waals surface area (Å²) in [6.07, 6.45) is 1.71. The summed E-state index contributed by atoms with van der Waals surface area (Å²) in [6.45, 7) is 3.63. The third kappa shape index (κ3) is 3.39. The second-order valence-corrected chi connectivity index (χ2v) is 6.79. The number of hydrogen-bond donors (Lipinski definition) is 2. The van der Waals surface area contributed by atoms with Crippen LogP contribution in [0.3, 0.4) is 0 Å². The number of aliphatic hydroxyl groups is 1. The van der Waals surface area contributed by atoms with Gasteiger partial charge < -0.3 is 10.4 Å². The van der Waals surface area contributed by atoms with Gasteiger partial charge in [0.1, 0.15) is 5.60 Å². The van der Waals surface area contributed by atoms with E-state index >= 15 is 0 Å². The van der Waals surface area contributed by atoms with Crippen LogP contribution in [0.1, 0.15) is 27.9 Å². The summed E-state index contributed by atoms with van der Waals surface area (Å²) in [5, 5.41) is 19.6. The molecule has 5 nitrogen and oxygen atoms in total. The molecule has 0 spiro atoms. The van der Waals surface area contributed by atoms with Gasteiger partial charge in [-0.25, -0.2) is 4.68 Å². The lowest BCUT2D eigenvalue weighted by molar-refractivity contribution is 0.0556. The van der Waals surface area contributed by atoms with Gasteiger partial charge in [-0.3, -0.25) is 4.79 Å². The molecule has 1 unspecified atom stereocenters. The van der Waals surface area contributed by atoms with E-state index in [0.717, 1.165) is 10.6 Å². The normalized spacial score (nSPS) is 13.5. The maximum absolute atomic E-state index is 12.5. The molecule has 1 amide bonds. The third-order valence-electron chi connectivity index (χ3n) is 3.81. The van der Waals surface area contributed by atoms with E-state index in [2.05, 4.69) is 10.4 Å². The lowest BCUT2D eigenvalue weighted by atomic mass is 10.1. The minimum absolute atomic E-state index is 0.141. The van der Waals surface area contributed by atoms with Crippen molar-refractivity contribution in [1.29, 1.82) is 0 Å². The number of aromatic nitrogens is 2. The summed E-state index contributed by atoms with van der Waals surface area (Å²) < 4.78 is 1.68. The van der Waals surface area contributed by atoms with Crippen molar-refractivity contribution in [3.05, 3.63) is 70.2 Å². The van der Waals surface area contributed by atoms with E-state index in [1.165, 1.54) is 11.3 Å². The maximum atomic E-state index is 12.5. The molecule has 0 bridgehead atoms. The van der Waals surface area contributed by atoms with Gasteiger partial charge in [0.25, 0.3) is 5.91 Å². The zero-order valence-corrected chi connectivity index (χ0v) is 14.4. The van der Waals surface area contributed by atoms with Crippen molar-refractivity contribution in [2.45, 2.75) is 19.4 Å². The quantitative estimate of drug-likeness (QED) is 0.750. The van der Waals surface area contributed by atoms with E-state index < -0.39 is 5.60 Å². The first-order chi connectivity index (χ1) is 11.5. The molecule has 1 atom stereocenters. The molecule has 0 radical (unpaired) electrons. The van der Waals surface area contributed by atoms with Crippen LogP contribution in [0.4, 0.5) is 0 Å². The Morgan fingerprint density at radius 3 is 2.71 bits per heavy atom. The van der Waals surface area contributed by atoms with Crippen molar-refractivity contribution in [2.24, 2.45) is 0 Å². The number of amides is 1. The Balaban J connectivity index is 1.73. The van der Waals surface area contributed by atoms with Crippen LogP contribution in [0, 0.1) is 6.92 Å². The highest BCUT2D eigenvalue weighted by atomic mass is 32.1. The van der Waals surface area contributed by atoms with E-state index in [-0.39, 0.29) is 12.5 Å². The van der Waals surface area contributed by atoms with Gasteiger partial charge in [0.2, 0.25) is 0 Å². The molecule has 0 saturated heterocycles. The van der Waals surface area contributed by atoms with E-state index in [0.29, 0.717) is 11.3 Å². The number of carbonyl (C=O) groups excluding carboxylic acids is 1. The van der Waals surface area contributed by atoms with E-state index in [1.54, 1.807) is 24.7 Å². The number of para-hydroxylation sites is 1. The van der Waals surface area contributed by atoms with Crippen molar-refractivity contribution >= 4 is 17.2 Å². The highest BCUT2D eigenvalue weighted by Gasteiger charge is 2.25. The monoisotopic (exact) mass is 341 g/mol. The van der Waals surface area contributed by atoms with E-state index in [1.807, 2.05) is 47.8 Å². The summed E-state index contributed by atoms with van der Waals surface area (Å²) in [4.78, 5) is 13.3. The molecule has 1 aromatic carbocycles. The molecule has 3 aromatic rings. The number of nitrogens with zero attached hydrogens (tertiary/aromatic N) is 2. The van der Waals surface area contributed by atoms with Crippen molar-refractivity contribution < 1.29 is 9.90 Å². The van der Waals surface area contributed by atoms with Crippen LogP contribution in [0.5, 0.6) is 0 Å². The predicted molar refractivity (Wildman–Crippen MR) is 94.5 cm³/mol. The Hall–Kier alpha value is -2.44. The SMILES string of the molecule is Cc1nn(-c2ccccc2)cc1C(=O)NCC(C)(O)c1cccs1. The largest absolute Gasteiger partial charge is 0.383 e. The molecule has 0 aliphatic carbocycles. The molecular formula is C18H19N3O2S. The van der Waals surface area contributed by atoms with Gasteiger partial charge in [-0.15, -0.1) is 11.3 Å². The van der Waals surface area contributed by atoms with Crippen LogP contribution < -0.4 is 5.32 Å². The highest BCUT2D eigenvalue weighted by molar-refractivity contribution is 7.10. The van der Waals surface area contributed by atoms with Gasteiger partial charge in [-0.1, -0.05) is 24.3 Å². The molecular weight excluding hydrogens is 322 g/mol. The van der Waals surface area contributed by atoms with Gasteiger partial charge in [0.05, 0.1) is 23.5 Å². The number of nitrogens with one attached hydrogen (secondary N) is 1. The molecule has 0 aliphatic heterocycles. The smallest absolute Gasteiger partial charge is 0.254 e. The second-order valence-electron chi connectivity index (χ2n) is 5.84. The van der Waals surface area contributed by atoms with Crippen molar-refractivity contribution in [2.75, 3.05) is 6.54 Å². The molecule has 0 fully saturated rings. The van der Waals surface area contributed by atoms with Crippen LogP contribution in [0.15, 0.2) is 54.0 Å². The summed E-state index contributed by atoms with van der Waals surface area (Å²) in [5.74, 6) is -0.244. The molecule has 6 heteroatoms. The van der Waals surface area contributed by atoms with Crippen LogP contribution in [0.2, 0.25) is 0 Å². The topological polar surface area (TPSA) is 67.2 Å². The summed E-state index contributed by atoms with van der Waals surface area (Å²) in [5.41, 5.74) is 0.950. The first-order valence-electron chi connectivity index (χ1n) is 7.63. The predicted octanol–water partition coefficient (Wildman–Crippen LogP) is 2.88. The van der Waals surface area contributed by atoms with Crippen molar-refractivity contribution in [3.8, 4) is 5.69 Å². The minimum atomic E-state index is -1.09. The lowest BCUT2D eigenvalue weighted by Gasteiger charge is -2.22. The number of hydrogen-bond acceptors (Lipinski definition) is 4. The molecule has 2 aromatic heterocycles. The van der Waals surface area contributed by atoms with E-state index in [9.17, 15) is 9.90 Å². The minimum Gasteiger partial charge on any atom is -0.383 e. The number of carbonyl (C=O) groups is 1. The molecule has 24 heavy (non-hydrogen) atoms. The fourth-order valence-corrected chi connectivity index (χ4v) is 3.20. The van der Waals surface area contributed by atoms with Crippen LogP contribution in [-0.4, -0.2) is 27.3 Å². The number of thiophene rings is 1. The van der Waals surface area contributed by atoms with Gasteiger partial charge >= 0.3 is 0 Å². The third-order valence-corrected chi connectivity index (χ3v) is 4.93. The summed E-state index contributed by atoms with van der Waals surface area (Å²) in [7, 11) is 0. The summed E-state index contributed by atoms with van der Waals surface area (Å²) >= 11 is 1.46. The number of benzene rings is 1. The van der Waals surface area contributed by atoms with Crippen LogP contribution >= 0.6 is 11.3 Å². The van der Waals surface area contributed by atoms with Crippen LogP contribution in [0.25, 0.3) is 5.69 Å². The fourth-order valence-electron chi connectivity index (χ4n) is 2.42. The molecule has 124 valence electrons. The Labute approximate surface area is 144 Å². The first kappa shape index (κ1) is 16.4. The fraction of sp³-hybridized carbons (Fsp3) is 0.222. The molecule has 0 aliphatic rings. The second kappa shape index (κ2) is 6.59. The molecule has 2 heterocycles. The summed E-state index contributed by atoms with van der Waals surface area (Å²) in [6, 6.07) is 13.4. The van der Waals surface area contributed by atoms with Gasteiger partial charge in [0, 0.05) is 11.1 Å². The molecule has 3 rings (SSSR count). The van der Waals surface area contributed by atoms with Crippen molar-refractivity contribution in [3.63, 3.8) is 0 Å². The zero-order chi connectivity index (χ0) is 17.2. The molecule has 2 N–H and O–H groups in total. The number of rotatable bonds is 5. The zero-order valence-electron chi connectivity index (χ0n) is 13.6. The Morgan fingerprint density at radius 1 is 1.29 bits per heavy atom. The average molecular weight is 341 g/mol. The standard InChI is InChI=1S/C18H19N3O2S/c1-13-15(11-21(20-13)14-7-4-3-5-8-14)17(22)19-12-18(2,23)16-9-6-10-24-16/h3-11,23H,12H2,1-2H3,(H,19,22). The average Bonchev–Trinajstić information content (AvgIpc) is 3.24. The van der Waals surface area contributed by atoms with Gasteiger partial charge in [-0.05, 0) is 37.4 Å². The Morgan fingerprint density at radius 2 is 2.04 bits per heavy atom. The van der Waals surface area contributed by atoms with E-state index in [4.69, 9.17) is 0 Å². The van der Waals surface area contributed by atoms with Gasteiger partial charge in [0.15, 0.2) is 0 Å². The lowest BCUT2D eigenvalue weighted by Crippen LogP contribution is -2.38. The maximum Gasteiger partial charge on any atom is 0.254 e. The van der Waals surface area contributed by atoms with Gasteiger partial charge in [-0.2, -0.15) is 5.10 Å². The first-order valence-corrected chi connectivity index (χ1v) is 8.51. The highest BCUT2D eigenvalue weighted by Crippen LogP contribution is 2.24. The molecule has 0 saturated carbocycles. The number of aryl methyl sites for hydroxylation is 1. The van der Waals surface area contributed by atoms with Crippen LogP contribution in [-0.2, 0) is 5.60 Å². The van der Waals surface area contributed by atoms with Crippen molar-refractivity contribution in [1.82, 2.24) is 15.1 Å². The Kier molecular flexibility index (Phi) is 4.51.